The molecule has 0 unspecified atom stereocenters. The minimum Gasteiger partial charge on any atom is -0.497 e. The molecule has 146 valence electrons. The lowest BCUT2D eigenvalue weighted by molar-refractivity contribution is 0.414. The second-order valence-corrected chi connectivity index (χ2v) is 6.35. The van der Waals surface area contributed by atoms with Crippen LogP contribution in [0.15, 0.2) is 72.0 Å². The van der Waals surface area contributed by atoms with E-state index in [1.807, 2.05) is 59.5 Å². The zero-order chi connectivity index (χ0) is 19.6. The Kier molecular flexibility index (Phi) is 7.07. The molecule has 0 aliphatic rings. The van der Waals surface area contributed by atoms with E-state index < -0.39 is 0 Å². The van der Waals surface area contributed by atoms with Gasteiger partial charge in [-0.25, -0.2) is 9.67 Å². The van der Waals surface area contributed by atoms with Crippen molar-refractivity contribution < 1.29 is 4.74 Å². The van der Waals surface area contributed by atoms with Gasteiger partial charge in [0.05, 0.1) is 25.5 Å². The van der Waals surface area contributed by atoms with Gasteiger partial charge in [0.2, 0.25) is 0 Å². The molecule has 2 N–H and O–H groups in total. The predicted molar refractivity (Wildman–Crippen MR) is 113 cm³/mol. The van der Waals surface area contributed by atoms with Crippen LogP contribution in [0.4, 0.5) is 0 Å². The van der Waals surface area contributed by atoms with Crippen LogP contribution in [-0.2, 0) is 13.0 Å². The summed E-state index contributed by atoms with van der Waals surface area (Å²) in [5.74, 6) is 1.69. The van der Waals surface area contributed by atoms with Crippen molar-refractivity contribution in [2.75, 3.05) is 20.2 Å². The van der Waals surface area contributed by atoms with Gasteiger partial charge in [-0.15, -0.1) is 0 Å². The van der Waals surface area contributed by atoms with Crippen molar-refractivity contribution in [1.29, 1.82) is 0 Å². The molecule has 3 rings (SSSR count). The van der Waals surface area contributed by atoms with Crippen molar-refractivity contribution in [3.63, 3.8) is 0 Å². The number of nitrogens with one attached hydrogen (secondary N) is 2. The Balaban J connectivity index is 1.54. The molecule has 6 heteroatoms. The number of para-hydroxylation sites is 1. The lowest BCUT2D eigenvalue weighted by atomic mass is 10.1. The molecule has 0 aliphatic carbocycles. The Bertz CT molecular complexity index is 871. The first-order valence-corrected chi connectivity index (χ1v) is 9.52. The van der Waals surface area contributed by atoms with Gasteiger partial charge < -0.3 is 15.4 Å². The second kappa shape index (κ2) is 10.2. The molecule has 0 saturated heterocycles. The van der Waals surface area contributed by atoms with Gasteiger partial charge in [0.25, 0.3) is 0 Å². The highest BCUT2D eigenvalue weighted by atomic mass is 16.5. The molecule has 1 heterocycles. The Morgan fingerprint density at radius 3 is 2.54 bits per heavy atom. The number of ether oxygens (including phenoxy) is 1. The van der Waals surface area contributed by atoms with E-state index in [0.29, 0.717) is 6.54 Å². The Labute approximate surface area is 166 Å². The number of hydrogen-bond acceptors (Lipinski definition) is 3. The van der Waals surface area contributed by atoms with Crippen molar-refractivity contribution in [2.45, 2.75) is 19.9 Å². The SMILES string of the molecule is CCNC(=NCc1cnn(-c2ccccc2)c1)NCCc1ccc(OC)cc1. The summed E-state index contributed by atoms with van der Waals surface area (Å²) in [6, 6.07) is 18.2. The van der Waals surface area contributed by atoms with Crippen molar-refractivity contribution in [1.82, 2.24) is 20.4 Å². The topological polar surface area (TPSA) is 63.5 Å². The first-order chi connectivity index (χ1) is 13.8. The first kappa shape index (κ1) is 19.5. The van der Waals surface area contributed by atoms with E-state index >= 15 is 0 Å². The van der Waals surface area contributed by atoms with Crippen molar-refractivity contribution in [3.05, 3.63) is 78.1 Å². The third-order valence-electron chi connectivity index (χ3n) is 4.29. The average Bonchev–Trinajstić information content (AvgIpc) is 3.22. The Hall–Kier alpha value is -3.28. The van der Waals surface area contributed by atoms with Gasteiger partial charge in [0.15, 0.2) is 5.96 Å². The number of aliphatic imine (C=N–C) groups is 1. The van der Waals surface area contributed by atoms with Crippen molar-refractivity contribution in [2.24, 2.45) is 4.99 Å². The van der Waals surface area contributed by atoms with Crippen molar-refractivity contribution >= 4 is 5.96 Å². The third kappa shape index (κ3) is 5.61. The molecule has 0 saturated carbocycles. The standard InChI is InChI=1S/C22H27N5O/c1-3-23-22(24-14-13-18-9-11-21(28-2)12-10-18)25-15-19-16-26-27(17-19)20-7-5-4-6-8-20/h4-12,16-17H,3,13-15H2,1-2H3,(H2,23,24,25). The fourth-order valence-electron chi connectivity index (χ4n) is 2.79. The molecule has 6 nitrogen and oxygen atoms in total. The number of hydrogen-bond donors (Lipinski definition) is 2. The molecule has 0 bridgehead atoms. The number of methoxy groups -OCH3 is 1. The van der Waals surface area contributed by atoms with Gasteiger partial charge in [-0.05, 0) is 43.2 Å². The van der Waals surface area contributed by atoms with Crippen LogP contribution in [0.5, 0.6) is 5.75 Å². The molecule has 1 aromatic heterocycles. The molecule has 0 atom stereocenters. The predicted octanol–water partition coefficient (Wildman–Crippen LogP) is 3.18. The molecule has 0 aliphatic heterocycles. The number of nitrogens with zero attached hydrogens (tertiary/aromatic N) is 3. The highest BCUT2D eigenvalue weighted by Crippen LogP contribution is 2.11. The lowest BCUT2D eigenvalue weighted by Crippen LogP contribution is -2.38. The maximum atomic E-state index is 5.20. The monoisotopic (exact) mass is 377 g/mol. The van der Waals surface area contributed by atoms with E-state index in [-0.39, 0.29) is 0 Å². The Morgan fingerprint density at radius 2 is 1.82 bits per heavy atom. The molecule has 0 amide bonds. The van der Waals surface area contributed by atoms with Gasteiger partial charge >= 0.3 is 0 Å². The van der Waals surface area contributed by atoms with E-state index in [1.54, 1.807) is 7.11 Å². The zero-order valence-electron chi connectivity index (χ0n) is 16.4. The summed E-state index contributed by atoms with van der Waals surface area (Å²) in [7, 11) is 1.68. The number of guanidine groups is 1. The van der Waals surface area contributed by atoms with Crippen LogP contribution in [0.3, 0.4) is 0 Å². The van der Waals surface area contributed by atoms with Gasteiger partial charge in [-0.1, -0.05) is 30.3 Å². The molecule has 28 heavy (non-hydrogen) atoms. The van der Waals surface area contributed by atoms with Gasteiger partial charge in [0, 0.05) is 24.8 Å². The molecule has 3 aromatic rings. The van der Waals surface area contributed by atoms with E-state index in [1.165, 1.54) is 5.56 Å². The van der Waals surface area contributed by atoms with Gasteiger partial charge in [-0.3, -0.25) is 0 Å². The average molecular weight is 377 g/mol. The Morgan fingerprint density at radius 1 is 1.04 bits per heavy atom. The molecule has 0 spiro atoms. The summed E-state index contributed by atoms with van der Waals surface area (Å²) in [6.45, 7) is 4.26. The highest BCUT2D eigenvalue weighted by molar-refractivity contribution is 5.79. The van der Waals surface area contributed by atoms with Crippen LogP contribution in [0.2, 0.25) is 0 Å². The molecule has 0 radical (unpaired) electrons. The second-order valence-electron chi connectivity index (χ2n) is 6.35. The van der Waals surface area contributed by atoms with Crippen LogP contribution in [-0.4, -0.2) is 35.9 Å². The molecule has 2 aromatic carbocycles. The van der Waals surface area contributed by atoms with Crippen LogP contribution in [0.25, 0.3) is 5.69 Å². The van der Waals surface area contributed by atoms with Crippen LogP contribution < -0.4 is 15.4 Å². The number of benzene rings is 2. The van der Waals surface area contributed by atoms with E-state index in [4.69, 9.17) is 4.74 Å². The van der Waals surface area contributed by atoms with Gasteiger partial charge in [0.1, 0.15) is 5.75 Å². The minimum atomic E-state index is 0.574. The van der Waals surface area contributed by atoms with Gasteiger partial charge in [-0.2, -0.15) is 5.10 Å². The maximum Gasteiger partial charge on any atom is 0.191 e. The molecule has 0 fully saturated rings. The van der Waals surface area contributed by atoms with Crippen LogP contribution >= 0.6 is 0 Å². The quantitative estimate of drug-likeness (QED) is 0.467. The largest absolute Gasteiger partial charge is 0.497 e. The van der Waals surface area contributed by atoms with E-state index in [9.17, 15) is 0 Å². The fourth-order valence-corrected chi connectivity index (χ4v) is 2.79. The number of rotatable bonds is 8. The number of aromatic nitrogens is 2. The van der Waals surface area contributed by atoms with E-state index in [2.05, 4.69) is 39.8 Å². The maximum absolute atomic E-state index is 5.20. The summed E-state index contributed by atoms with van der Waals surface area (Å²) in [4.78, 5) is 4.67. The highest BCUT2D eigenvalue weighted by Gasteiger charge is 2.02. The minimum absolute atomic E-state index is 0.574. The summed E-state index contributed by atoms with van der Waals surface area (Å²) in [5.41, 5.74) is 3.37. The summed E-state index contributed by atoms with van der Waals surface area (Å²) in [5, 5.41) is 11.1. The van der Waals surface area contributed by atoms with Crippen LogP contribution in [0, 0.1) is 0 Å². The summed E-state index contributed by atoms with van der Waals surface area (Å²) < 4.78 is 7.07. The lowest BCUT2D eigenvalue weighted by Gasteiger charge is -2.11. The third-order valence-corrected chi connectivity index (χ3v) is 4.29. The fraction of sp³-hybridized carbons (Fsp3) is 0.273. The molecular weight excluding hydrogens is 350 g/mol. The van der Waals surface area contributed by atoms with Crippen molar-refractivity contribution in [3.8, 4) is 11.4 Å². The van der Waals surface area contributed by atoms with Crippen LogP contribution in [0.1, 0.15) is 18.1 Å². The normalized spacial score (nSPS) is 11.3. The molecular formula is C22H27N5O. The first-order valence-electron chi connectivity index (χ1n) is 9.52. The summed E-state index contributed by atoms with van der Waals surface area (Å²) in [6.07, 6.45) is 4.79. The van der Waals surface area contributed by atoms with E-state index in [0.717, 1.165) is 42.5 Å². The smallest absolute Gasteiger partial charge is 0.191 e. The summed E-state index contributed by atoms with van der Waals surface area (Å²) >= 11 is 0. The zero-order valence-corrected chi connectivity index (χ0v) is 16.4.